The summed E-state index contributed by atoms with van der Waals surface area (Å²) in [6.45, 7) is 7.60. The molecule has 0 amide bonds. The Morgan fingerprint density at radius 3 is 2.68 bits per heavy atom. The molecule has 106 valence electrons. The predicted molar refractivity (Wildman–Crippen MR) is 83.0 cm³/mol. The van der Waals surface area contributed by atoms with Crippen LogP contribution in [0.5, 0.6) is 0 Å². The minimum atomic E-state index is 0.650. The van der Waals surface area contributed by atoms with Gasteiger partial charge < -0.3 is 5.32 Å². The SMILES string of the molecule is CCN(Cc1cccc(Cl)c1Cl)CC1CCNCC1. The zero-order chi connectivity index (χ0) is 13.7. The van der Waals surface area contributed by atoms with Crippen molar-refractivity contribution >= 4 is 23.2 Å². The Kier molecular flexibility index (Phi) is 5.96. The fraction of sp³-hybridized carbons (Fsp3) is 0.600. The Bertz CT molecular complexity index is 403. The first-order valence-corrected chi connectivity index (χ1v) is 7.82. The monoisotopic (exact) mass is 300 g/mol. The third-order valence-corrected chi connectivity index (χ3v) is 4.71. The summed E-state index contributed by atoms with van der Waals surface area (Å²) in [5.41, 5.74) is 1.13. The highest BCUT2D eigenvalue weighted by molar-refractivity contribution is 6.42. The second-order valence-corrected chi connectivity index (χ2v) is 6.02. The summed E-state index contributed by atoms with van der Waals surface area (Å²) >= 11 is 12.3. The number of hydrogen-bond donors (Lipinski definition) is 1. The van der Waals surface area contributed by atoms with E-state index in [9.17, 15) is 0 Å². The van der Waals surface area contributed by atoms with Gasteiger partial charge in [0.15, 0.2) is 0 Å². The Balaban J connectivity index is 1.96. The van der Waals surface area contributed by atoms with Crippen molar-refractivity contribution in [2.24, 2.45) is 5.92 Å². The van der Waals surface area contributed by atoms with E-state index < -0.39 is 0 Å². The molecule has 2 rings (SSSR count). The van der Waals surface area contributed by atoms with Crippen LogP contribution in [-0.4, -0.2) is 31.1 Å². The van der Waals surface area contributed by atoms with Crippen molar-refractivity contribution in [3.8, 4) is 0 Å². The molecule has 0 saturated carbocycles. The van der Waals surface area contributed by atoms with Gasteiger partial charge >= 0.3 is 0 Å². The summed E-state index contributed by atoms with van der Waals surface area (Å²) in [7, 11) is 0. The van der Waals surface area contributed by atoms with Crippen LogP contribution in [0.25, 0.3) is 0 Å². The van der Waals surface area contributed by atoms with Crippen LogP contribution >= 0.6 is 23.2 Å². The van der Waals surface area contributed by atoms with E-state index in [4.69, 9.17) is 23.2 Å². The van der Waals surface area contributed by atoms with Crippen molar-refractivity contribution in [3.63, 3.8) is 0 Å². The van der Waals surface area contributed by atoms with Crippen LogP contribution in [0.15, 0.2) is 18.2 Å². The number of hydrogen-bond acceptors (Lipinski definition) is 2. The standard InChI is InChI=1S/C15H22Cl2N2/c1-2-19(10-12-6-8-18-9-7-12)11-13-4-3-5-14(16)15(13)17/h3-5,12,18H,2,6-11H2,1H3. The molecule has 2 nitrogen and oxygen atoms in total. The molecule has 0 spiro atoms. The van der Waals surface area contributed by atoms with Gasteiger partial charge in [-0.1, -0.05) is 42.3 Å². The molecule has 0 radical (unpaired) electrons. The smallest absolute Gasteiger partial charge is 0.0637 e. The average Bonchev–Trinajstić information content (AvgIpc) is 2.44. The summed E-state index contributed by atoms with van der Waals surface area (Å²) in [4.78, 5) is 2.47. The lowest BCUT2D eigenvalue weighted by Crippen LogP contribution is -2.35. The van der Waals surface area contributed by atoms with E-state index in [1.807, 2.05) is 12.1 Å². The van der Waals surface area contributed by atoms with Crippen molar-refractivity contribution in [1.29, 1.82) is 0 Å². The third-order valence-electron chi connectivity index (χ3n) is 3.85. The normalized spacial score (nSPS) is 17.1. The zero-order valence-corrected chi connectivity index (χ0v) is 13.0. The lowest BCUT2D eigenvalue weighted by atomic mass is 9.97. The highest BCUT2D eigenvalue weighted by atomic mass is 35.5. The van der Waals surface area contributed by atoms with Crippen molar-refractivity contribution < 1.29 is 0 Å². The molecular weight excluding hydrogens is 279 g/mol. The van der Waals surface area contributed by atoms with E-state index in [1.54, 1.807) is 0 Å². The van der Waals surface area contributed by atoms with Crippen LogP contribution in [-0.2, 0) is 6.54 Å². The molecule has 1 saturated heterocycles. The molecule has 4 heteroatoms. The van der Waals surface area contributed by atoms with Gasteiger partial charge in [-0.05, 0) is 50.0 Å². The quantitative estimate of drug-likeness (QED) is 0.889. The van der Waals surface area contributed by atoms with Crippen LogP contribution in [0.1, 0.15) is 25.3 Å². The molecule has 1 aromatic carbocycles. The van der Waals surface area contributed by atoms with Crippen LogP contribution in [0.2, 0.25) is 10.0 Å². The van der Waals surface area contributed by atoms with E-state index >= 15 is 0 Å². The number of rotatable bonds is 5. The molecular formula is C15H22Cl2N2. The third kappa shape index (κ3) is 4.35. The first-order valence-electron chi connectivity index (χ1n) is 7.06. The van der Waals surface area contributed by atoms with Gasteiger partial charge in [0.05, 0.1) is 10.0 Å². The molecule has 1 aliphatic heterocycles. The molecule has 0 atom stereocenters. The number of piperidine rings is 1. The van der Waals surface area contributed by atoms with Gasteiger partial charge in [-0.15, -0.1) is 0 Å². The highest BCUT2D eigenvalue weighted by Gasteiger charge is 2.17. The number of halogens is 2. The number of nitrogens with one attached hydrogen (secondary N) is 1. The van der Waals surface area contributed by atoms with E-state index in [-0.39, 0.29) is 0 Å². The molecule has 0 aromatic heterocycles. The molecule has 1 aromatic rings. The fourth-order valence-corrected chi connectivity index (χ4v) is 3.03. The summed E-state index contributed by atoms with van der Waals surface area (Å²) < 4.78 is 0. The maximum absolute atomic E-state index is 6.27. The minimum Gasteiger partial charge on any atom is -0.317 e. The lowest BCUT2D eigenvalue weighted by molar-refractivity contribution is 0.207. The molecule has 1 heterocycles. The van der Waals surface area contributed by atoms with Crippen LogP contribution in [0.4, 0.5) is 0 Å². The van der Waals surface area contributed by atoms with Crippen molar-refractivity contribution in [3.05, 3.63) is 33.8 Å². The van der Waals surface area contributed by atoms with Crippen molar-refractivity contribution in [1.82, 2.24) is 10.2 Å². The minimum absolute atomic E-state index is 0.650. The summed E-state index contributed by atoms with van der Waals surface area (Å²) in [6.07, 6.45) is 2.56. The second kappa shape index (κ2) is 7.49. The van der Waals surface area contributed by atoms with Gasteiger partial charge in [-0.3, -0.25) is 4.90 Å². The van der Waals surface area contributed by atoms with E-state index in [1.165, 1.54) is 12.8 Å². The Morgan fingerprint density at radius 1 is 1.26 bits per heavy atom. The first kappa shape index (κ1) is 15.1. The Hall–Kier alpha value is -0.280. The van der Waals surface area contributed by atoms with Gasteiger partial charge in [0.1, 0.15) is 0 Å². The van der Waals surface area contributed by atoms with Crippen molar-refractivity contribution in [2.75, 3.05) is 26.2 Å². The number of benzene rings is 1. The highest BCUT2D eigenvalue weighted by Crippen LogP contribution is 2.27. The average molecular weight is 301 g/mol. The van der Waals surface area contributed by atoms with E-state index in [0.717, 1.165) is 44.2 Å². The lowest BCUT2D eigenvalue weighted by Gasteiger charge is -2.29. The van der Waals surface area contributed by atoms with Gasteiger partial charge in [0, 0.05) is 13.1 Å². The second-order valence-electron chi connectivity index (χ2n) is 5.23. The Labute approximate surface area is 126 Å². The van der Waals surface area contributed by atoms with Crippen molar-refractivity contribution in [2.45, 2.75) is 26.3 Å². The predicted octanol–water partition coefficient (Wildman–Crippen LogP) is 3.81. The molecule has 19 heavy (non-hydrogen) atoms. The number of nitrogens with zero attached hydrogens (tertiary/aromatic N) is 1. The molecule has 1 N–H and O–H groups in total. The molecule has 0 aliphatic carbocycles. The molecule has 1 aliphatic rings. The van der Waals surface area contributed by atoms with E-state index in [2.05, 4.69) is 23.2 Å². The maximum Gasteiger partial charge on any atom is 0.0637 e. The molecule has 0 bridgehead atoms. The van der Waals surface area contributed by atoms with Crippen LogP contribution < -0.4 is 5.32 Å². The summed E-state index contributed by atoms with van der Waals surface area (Å²) in [6, 6.07) is 5.89. The fourth-order valence-electron chi connectivity index (χ4n) is 2.65. The van der Waals surface area contributed by atoms with Gasteiger partial charge in [0.2, 0.25) is 0 Å². The van der Waals surface area contributed by atoms with Crippen LogP contribution in [0, 0.1) is 5.92 Å². The zero-order valence-electron chi connectivity index (χ0n) is 11.5. The van der Waals surface area contributed by atoms with Crippen LogP contribution in [0.3, 0.4) is 0 Å². The van der Waals surface area contributed by atoms with E-state index in [0.29, 0.717) is 10.0 Å². The molecule has 0 unspecified atom stereocenters. The summed E-state index contributed by atoms with van der Waals surface area (Å²) in [5, 5.41) is 4.77. The Morgan fingerprint density at radius 2 is 2.00 bits per heavy atom. The van der Waals surface area contributed by atoms with Gasteiger partial charge in [-0.25, -0.2) is 0 Å². The van der Waals surface area contributed by atoms with Gasteiger partial charge in [0.25, 0.3) is 0 Å². The molecule has 1 fully saturated rings. The topological polar surface area (TPSA) is 15.3 Å². The maximum atomic E-state index is 6.27. The summed E-state index contributed by atoms with van der Waals surface area (Å²) in [5.74, 6) is 0.805. The van der Waals surface area contributed by atoms with Gasteiger partial charge in [-0.2, -0.15) is 0 Å². The first-order chi connectivity index (χ1) is 9.20. The largest absolute Gasteiger partial charge is 0.317 e.